The molecule has 0 bridgehead atoms. The molecule has 0 saturated carbocycles. The van der Waals surface area contributed by atoms with Crippen LogP contribution in [-0.4, -0.2) is 23.3 Å². The molecule has 3 rings (SSSR count). The lowest BCUT2D eigenvalue weighted by molar-refractivity contribution is 0.0430. The van der Waals surface area contributed by atoms with Gasteiger partial charge in [0.15, 0.2) is 0 Å². The SMILES string of the molecule is OC(CC1CCOCC1)c1nccc2ccccc12. The molecule has 1 aliphatic rings. The smallest absolute Gasteiger partial charge is 0.0968 e. The highest BCUT2D eigenvalue weighted by Crippen LogP contribution is 2.30. The molecular formula is C16H19NO2. The van der Waals surface area contributed by atoms with Gasteiger partial charge in [0.1, 0.15) is 0 Å². The number of rotatable bonds is 3. The number of hydrogen-bond donors (Lipinski definition) is 1. The predicted molar refractivity (Wildman–Crippen MR) is 74.9 cm³/mol. The molecule has 0 radical (unpaired) electrons. The Hall–Kier alpha value is -1.45. The summed E-state index contributed by atoms with van der Waals surface area (Å²) in [7, 11) is 0. The minimum absolute atomic E-state index is 0.478. The Balaban J connectivity index is 1.82. The van der Waals surface area contributed by atoms with Crippen LogP contribution >= 0.6 is 0 Å². The summed E-state index contributed by atoms with van der Waals surface area (Å²) < 4.78 is 5.36. The highest BCUT2D eigenvalue weighted by Gasteiger charge is 2.20. The summed E-state index contributed by atoms with van der Waals surface area (Å²) >= 11 is 0. The molecule has 0 aliphatic carbocycles. The van der Waals surface area contributed by atoms with Crippen molar-refractivity contribution in [2.75, 3.05) is 13.2 Å². The van der Waals surface area contributed by atoms with E-state index in [1.807, 2.05) is 24.3 Å². The fourth-order valence-corrected chi connectivity index (χ4v) is 2.82. The summed E-state index contributed by atoms with van der Waals surface area (Å²) in [6.45, 7) is 1.64. The highest BCUT2D eigenvalue weighted by atomic mass is 16.5. The monoisotopic (exact) mass is 257 g/mol. The third-order valence-corrected chi connectivity index (χ3v) is 3.92. The molecule has 3 heteroatoms. The Bertz CT molecular complexity index is 544. The van der Waals surface area contributed by atoms with E-state index >= 15 is 0 Å². The number of aliphatic hydroxyl groups is 1. The van der Waals surface area contributed by atoms with Crippen LogP contribution in [0.15, 0.2) is 36.5 Å². The standard InChI is InChI=1S/C16H19NO2/c18-15(11-12-6-9-19-10-7-12)16-14-4-2-1-3-13(14)5-8-17-16/h1-5,8,12,15,18H,6-7,9-11H2. The molecule has 1 saturated heterocycles. The van der Waals surface area contributed by atoms with E-state index in [1.165, 1.54) is 0 Å². The van der Waals surface area contributed by atoms with Gasteiger partial charge < -0.3 is 9.84 Å². The average molecular weight is 257 g/mol. The van der Waals surface area contributed by atoms with Crippen molar-refractivity contribution in [1.29, 1.82) is 0 Å². The van der Waals surface area contributed by atoms with E-state index in [4.69, 9.17) is 4.74 Å². The van der Waals surface area contributed by atoms with Crippen LogP contribution in [0, 0.1) is 5.92 Å². The number of ether oxygens (including phenoxy) is 1. The molecule has 1 N–H and O–H groups in total. The van der Waals surface area contributed by atoms with Gasteiger partial charge >= 0.3 is 0 Å². The molecule has 2 heterocycles. The molecule has 2 aromatic rings. The number of aliphatic hydroxyl groups excluding tert-OH is 1. The van der Waals surface area contributed by atoms with E-state index in [-0.39, 0.29) is 0 Å². The van der Waals surface area contributed by atoms with Crippen LogP contribution in [0.1, 0.15) is 31.1 Å². The van der Waals surface area contributed by atoms with Crippen molar-refractivity contribution in [2.45, 2.75) is 25.4 Å². The first-order valence-electron chi connectivity index (χ1n) is 6.94. The first-order chi connectivity index (χ1) is 9.34. The molecule has 1 aromatic carbocycles. The quantitative estimate of drug-likeness (QED) is 0.918. The van der Waals surface area contributed by atoms with Crippen LogP contribution in [0.2, 0.25) is 0 Å². The second kappa shape index (κ2) is 5.68. The highest BCUT2D eigenvalue weighted by molar-refractivity contribution is 5.84. The van der Waals surface area contributed by atoms with Gasteiger partial charge in [0, 0.05) is 24.8 Å². The first kappa shape index (κ1) is 12.6. The van der Waals surface area contributed by atoms with Gasteiger partial charge in [-0.2, -0.15) is 0 Å². The predicted octanol–water partition coefficient (Wildman–Crippen LogP) is 3.08. The van der Waals surface area contributed by atoms with Crippen molar-refractivity contribution in [3.8, 4) is 0 Å². The number of nitrogens with zero attached hydrogens (tertiary/aromatic N) is 1. The molecule has 19 heavy (non-hydrogen) atoms. The number of aromatic nitrogens is 1. The van der Waals surface area contributed by atoms with E-state index in [1.54, 1.807) is 6.20 Å². The number of pyridine rings is 1. The van der Waals surface area contributed by atoms with E-state index in [0.717, 1.165) is 48.9 Å². The van der Waals surface area contributed by atoms with Gasteiger partial charge in [-0.25, -0.2) is 0 Å². The van der Waals surface area contributed by atoms with Crippen LogP contribution in [-0.2, 0) is 4.74 Å². The number of hydrogen-bond acceptors (Lipinski definition) is 3. The van der Waals surface area contributed by atoms with Crippen molar-refractivity contribution in [3.05, 3.63) is 42.2 Å². The molecule has 3 nitrogen and oxygen atoms in total. The molecular weight excluding hydrogens is 238 g/mol. The molecule has 1 aromatic heterocycles. The third kappa shape index (κ3) is 2.77. The van der Waals surface area contributed by atoms with Crippen LogP contribution in [0.25, 0.3) is 10.8 Å². The summed E-state index contributed by atoms with van der Waals surface area (Å²) in [5.74, 6) is 0.546. The first-order valence-corrected chi connectivity index (χ1v) is 6.94. The molecule has 100 valence electrons. The maximum absolute atomic E-state index is 10.5. The summed E-state index contributed by atoms with van der Waals surface area (Å²) in [6.07, 6.45) is 4.17. The van der Waals surface area contributed by atoms with Crippen LogP contribution in [0.3, 0.4) is 0 Å². The maximum atomic E-state index is 10.5. The zero-order chi connectivity index (χ0) is 13.1. The Kier molecular flexibility index (Phi) is 3.76. The Morgan fingerprint density at radius 3 is 2.84 bits per heavy atom. The maximum Gasteiger partial charge on any atom is 0.0968 e. The van der Waals surface area contributed by atoms with Crippen molar-refractivity contribution >= 4 is 10.8 Å². The molecule has 1 aliphatic heterocycles. The van der Waals surface area contributed by atoms with Gasteiger partial charge in [-0.05, 0) is 36.6 Å². The number of benzene rings is 1. The van der Waals surface area contributed by atoms with Crippen molar-refractivity contribution in [1.82, 2.24) is 4.98 Å². The minimum Gasteiger partial charge on any atom is -0.387 e. The van der Waals surface area contributed by atoms with Crippen LogP contribution < -0.4 is 0 Å². The van der Waals surface area contributed by atoms with Gasteiger partial charge in [-0.15, -0.1) is 0 Å². The van der Waals surface area contributed by atoms with Crippen LogP contribution in [0.5, 0.6) is 0 Å². The van der Waals surface area contributed by atoms with Gasteiger partial charge in [0.25, 0.3) is 0 Å². The summed E-state index contributed by atoms with van der Waals surface area (Å²) in [5.41, 5.74) is 0.810. The molecule has 1 unspecified atom stereocenters. The lowest BCUT2D eigenvalue weighted by Gasteiger charge is -2.24. The van der Waals surface area contributed by atoms with E-state index in [0.29, 0.717) is 5.92 Å². The second-order valence-corrected chi connectivity index (χ2v) is 5.22. The fourth-order valence-electron chi connectivity index (χ4n) is 2.82. The van der Waals surface area contributed by atoms with Crippen molar-refractivity contribution < 1.29 is 9.84 Å². The summed E-state index contributed by atoms with van der Waals surface area (Å²) in [4.78, 5) is 4.39. The summed E-state index contributed by atoms with van der Waals surface area (Å²) in [6, 6.07) is 10.1. The van der Waals surface area contributed by atoms with Gasteiger partial charge in [-0.1, -0.05) is 24.3 Å². The van der Waals surface area contributed by atoms with Gasteiger partial charge in [0.05, 0.1) is 11.8 Å². The van der Waals surface area contributed by atoms with E-state index in [9.17, 15) is 5.11 Å². The molecule has 0 spiro atoms. The zero-order valence-electron chi connectivity index (χ0n) is 11.0. The summed E-state index contributed by atoms with van der Waals surface area (Å²) in [5, 5.41) is 12.7. The third-order valence-electron chi connectivity index (χ3n) is 3.92. The normalized spacial score (nSPS) is 18.6. The van der Waals surface area contributed by atoms with Crippen molar-refractivity contribution in [3.63, 3.8) is 0 Å². The van der Waals surface area contributed by atoms with Gasteiger partial charge in [-0.3, -0.25) is 4.98 Å². The second-order valence-electron chi connectivity index (χ2n) is 5.22. The lowest BCUT2D eigenvalue weighted by atomic mass is 9.91. The lowest BCUT2D eigenvalue weighted by Crippen LogP contribution is -2.18. The Labute approximate surface area is 113 Å². The Morgan fingerprint density at radius 1 is 1.21 bits per heavy atom. The fraction of sp³-hybridized carbons (Fsp3) is 0.438. The minimum atomic E-state index is -0.478. The largest absolute Gasteiger partial charge is 0.387 e. The Morgan fingerprint density at radius 2 is 2.00 bits per heavy atom. The van der Waals surface area contributed by atoms with Gasteiger partial charge in [0.2, 0.25) is 0 Å². The van der Waals surface area contributed by atoms with E-state index in [2.05, 4.69) is 11.1 Å². The number of fused-ring (bicyclic) bond motifs is 1. The molecule has 0 amide bonds. The molecule has 1 fully saturated rings. The van der Waals surface area contributed by atoms with Crippen LogP contribution in [0.4, 0.5) is 0 Å². The van der Waals surface area contributed by atoms with E-state index < -0.39 is 6.10 Å². The topological polar surface area (TPSA) is 42.4 Å². The zero-order valence-corrected chi connectivity index (χ0v) is 11.0. The van der Waals surface area contributed by atoms with Crippen molar-refractivity contribution in [2.24, 2.45) is 5.92 Å². The average Bonchev–Trinajstić information content (AvgIpc) is 2.47. The molecule has 1 atom stereocenters.